The monoisotopic (exact) mass is 358 g/mol. The van der Waals surface area contributed by atoms with Crippen molar-refractivity contribution in [1.82, 2.24) is 10.2 Å². The first-order valence-corrected chi connectivity index (χ1v) is 9.62. The fourth-order valence-electron chi connectivity index (χ4n) is 3.51. The van der Waals surface area contributed by atoms with Gasteiger partial charge < -0.3 is 15.0 Å². The molecule has 1 unspecified atom stereocenters. The number of benzene rings is 1. The molecule has 1 amide bonds. The van der Waals surface area contributed by atoms with E-state index in [0.717, 1.165) is 47.8 Å². The van der Waals surface area contributed by atoms with Gasteiger partial charge in [0.25, 0.3) is 5.91 Å². The molecule has 1 aromatic heterocycles. The molecule has 3 rings (SSSR count). The number of hydrogen-bond donors (Lipinski definition) is 1. The maximum Gasteiger partial charge on any atom is 0.263 e. The zero-order valence-electron chi connectivity index (χ0n) is 15.2. The average Bonchev–Trinajstić information content (AvgIpc) is 3.03. The molecule has 134 valence electrons. The lowest BCUT2D eigenvalue weighted by Gasteiger charge is -2.32. The number of ether oxygens (including phenoxy) is 1. The van der Waals surface area contributed by atoms with E-state index in [2.05, 4.69) is 12.2 Å². The van der Waals surface area contributed by atoms with Crippen LogP contribution in [0.1, 0.15) is 27.4 Å². The second-order valence-corrected chi connectivity index (χ2v) is 7.88. The predicted octanol–water partition coefficient (Wildman–Crippen LogP) is 3.80. The number of hydrogen-bond acceptors (Lipinski definition) is 4. The Morgan fingerprint density at radius 3 is 2.80 bits per heavy atom. The van der Waals surface area contributed by atoms with E-state index in [1.807, 2.05) is 42.3 Å². The van der Waals surface area contributed by atoms with Crippen molar-refractivity contribution < 1.29 is 9.53 Å². The Bertz CT molecular complexity index is 722. The van der Waals surface area contributed by atoms with Crippen molar-refractivity contribution in [2.45, 2.75) is 19.8 Å². The minimum atomic E-state index is 0.175. The number of nitrogens with one attached hydrogen (secondary N) is 1. The summed E-state index contributed by atoms with van der Waals surface area (Å²) in [5.74, 6) is 1.58. The molecular weight excluding hydrogens is 332 g/mol. The van der Waals surface area contributed by atoms with E-state index in [0.29, 0.717) is 5.92 Å². The highest BCUT2D eigenvalue weighted by atomic mass is 32.1. The molecule has 25 heavy (non-hydrogen) atoms. The Labute approximate surface area is 153 Å². The van der Waals surface area contributed by atoms with Crippen molar-refractivity contribution in [2.24, 2.45) is 5.92 Å². The molecule has 0 bridgehead atoms. The maximum atomic E-state index is 12.9. The number of carbonyl (C=O) groups excluding carboxylic acids is 1. The number of nitrogens with zero attached hydrogens (tertiary/aromatic N) is 1. The second-order valence-electron chi connectivity index (χ2n) is 6.63. The summed E-state index contributed by atoms with van der Waals surface area (Å²) < 4.78 is 5.22. The van der Waals surface area contributed by atoms with Crippen LogP contribution in [0, 0.1) is 12.8 Å². The van der Waals surface area contributed by atoms with E-state index in [9.17, 15) is 4.79 Å². The van der Waals surface area contributed by atoms with Crippen LogP contribution in [-0.4, -0.2) is 44.6 Å². The number of carbonyl (C=O) groups is 1. The van der Waals surface area contributed by atoms with Crippen LogP contribution in [0.2, 0.25) is 0 Å². The summed E-state index contributed by atoms with van der Waals surface area (Å²) in [4.78, 5) is 17.0. The number of piperidine rings is 1. The molecule has 1 aliphatic heterocycles. The molecule has 2 heterocycles. The third-order valence-corrected chi connectivity index (χ3v) is 5.87. The van der Waals surface area contributed by atoms with Crippen LogP contribution in [-0.2, 0) is 0 Å². The summed E-state index contributed by atoms with van der Waals surface area (Å²) >= 11 is 1.60. The van der Waals surface area contributed by atoms with Crippen LogP contribution in [0.15, 0.2) is 30.3 Å². The molecule has 0 saturated carbocycles. The van der Waals surface area contributed by atoms with E-state index in [1.54, 1.807) is 18.4 Å². The molecule has 0 spiro atoms. The van der Waals surface area contributed by atoms with Crippen molar-refractivity contribution >= 4 is 17.2 Å². The Morgan fingerprint density at radius 2 is 2.12 bits per heavy atom. The summed E-state index contributed by atoms with van der Waals surface area (Å²) in [6.45, 7) is 4.79. The van der Waals surface area contributed by atoms with Crippen LogP contribution in [0.5, 0.6) is 5.75 Å². The molecule has 1 aliphatic rings. The normalized spacial score (nSPS) is 17.6. The molecule has 1 N–H and O–H groups in total. The van der Waals surface area contributed by atoms with Crippen molar-refractivity contribution in [3.63, 3.8) is 0 Å². The quantitative estimate of drug-likeness (QED) is 0.884. The number of methoxy groups -OCH3 is 1. The maximum absolute atomic E-state index is 12.9. The Morgan fingerprint density at radius 1 is 1.36 bits per heavy atom. The summed E-state index contributed by atoms with van der Waals surface area (Å²) in [5.41, 5.74) is 2.26. The SMILES string of the molecule is CNCC1CCCN(C(=O)c2cc(-c3ccc(OC)cc3)c(C)s2)C1. The highest BCUT2D eigenvalue weighted by Crippen LogP contribution is 2.33. The van der Waals surface area contributed by atoms with Gasteiger partial charge in [-0.3, -0.25) is 4.79 Å². The lowest BCUT2D eigenvalue weighted by Crippen LogP contribution is -2.42. The van der Waals surface area contributed by atoms with Crippen LogP contribution in [0.3, 0.4) is 0 Å². The van der Waals surface area contributed by atoms with Crippen molar-refractivity contribution in [2.75, 3.05) is 33.8 Å². The fourth-order valence-corrected chi connectivity index (χ4v) is 4.52. The van der Waals surface area contributed by atoms with Gasteiger partial charge in [0.05, 0.1) is 12.0 Å². The third kappa shape index (κ3) is 4.05. The molecule has 4 nitrogen and oxygen atoms in total. The number of rotatable bonds is 5. The first-order valence-electron chi connectivity index (χ1n) is 8.81. The van der Waals surface area contributed by atoms with E-state index in [4.69, 9.17) is 4.74 Å². The lowest BCUT2D eigenvalue weighted by molar-refractivity contribution is 0.0679. The van der Waals surface area contributed by atoms with E-state index >= 15 is 0 Å². The van der Waals surface area contributed by atoms with Gasteiger partial charge in [-0.05, 0) is 68.6 Å². The van der Waals surface area contributed by atoms with Gasteiger partial charge in [0.2, 0.25) is 0 Å². The summed E-state index contributed by atoms with van der Waals surface area (Å²) in [7, 11) is 3.64. The van der Waals surface area contributed by atoms with Gasteiger partial charge in [-0.1, -0.05) is 12.1 Å². The zero-order chi connectivity index (χ0) is 17.8. The van der Waals surface area contributed by atoms with Crippen LogP contribution in [0.4, 0.5) is 0 Å². The smallest absolute Gasteiger partial charge is 0.263 e. The molecule has 1 atom stereocenters. The van der Waals surface area contributed by atoms with Crippen LogP contribution < -0.4 is 10.1 Å². The Hall–Kier alpha value is -1.85. The van der Waals surface area contributed by atoms with Gasteiger partial charge in [-0.15, -0.1) is 11.3 Å². The largest absolute Gasteiger partial charge is 0.497 e. The molecule has 0 radical (unpaired) electrons. The summed E-state index contributed by atoms with van der Waals surface area (Å²) in [5, 5.41) is 3.24. The molecular formula is C20H26N2O2S. The fraction of sp³-hybridized carbons (Fsp3) is 0.450. The van der Waals surface area contributed by atoms with Crippen molar-refractivity contribution in [3.05, 3.63) is 40.1 Å². The summed E-state index contributed by atoms with van der Waals surface area (Å²) in [6, 6.07) is 10.1. The Kier molecular flexibility index (Phi) is 5.76. The number of amides is 1. The van der Waals surface area contributed by atoms with Crippen LogP contribution >= 0.6 is 11.3 Å². The average molecular weight is 359 g/mol. The molecule has 0 aliphatic carbocycles. The van der Waals surface area contributed by atoms with E-state index in [-0.39, 0.29) is 5.91 Å². The predicted molar refractivity (Wildman–Crippen MR) is 104 cm³/mol. The van der Waals surface area contributed by atoms with Crippen molar-refractivity contribution in [3.8, 4) is 16.9 Å². The van der Waals surface area contributed by atoms with Crippen molar-refractivity contribution in [1.29, 1.82) is 0 Å². The first kappa shape index (κ1) is 18.0. The van der Waals surface area contributed by atoms with E-state index in [1.165, 1.54) is 11.3 Å². The van der Waals surface area contributed by atoms with E-state index < -0.39 is 0 Å². The Balaban J connectivity index is 1.77. The van der Waals surface area contributed by atoms with Gasteiger partial charge in [0, 0.05) is 18.0 Å². The molecule has 5 heteroatoms. The molecule has 1 fully saturated rings. The number of thiophene rings is 1. The number of likely N-dealkylation sites (tertiary alicyclic amines) is 1. The topological polar surface area (TPSA) is 41.6 Å². The van der Waals surface area contributed by atoms with Crippen LogP contribution in [0.25, 0.3) is 11.1 Å². The van der Waals surface area contributed by atoms with Gasteiger partial charge >= 0.3 is 0 Å². The first-order chi connectivity index (χ1) is 12.1. The van der Waals surface area contributed by atoms with Gasteiger partial charge in [-0.25, -0.2) is 0 Å². The van der Waals surface area contributed by atoms with Gasteiger partial charge in [0.1, 0.15) is 5.75 Å². The lowest BCUT2D eigenvalue weighted by atomic mass is 9.98. The highest BCUT2D eigenvalue weighted by Gasteiger charge is 2.25. The second kappa shape index (κ2) is 8.02. The molecule has 1 aromatic carbocycles. The minimum Gasteiger partial charge on any atom is -0.497 e. The standard InChI is InChI=1S/C20H26N2O2S/c1-14-18(16-6-8-17(24-3)9-7-16)11-19(25-14)20(23)22-10-4-5-15(13-22)12-21-2/h6-9,11,15,21H,4-5,10,12-13H2,1-3H3. The number of aryl methyl sites for hydroxylation is 1. The highest BCUT2D eigenvalue weighted by molar-refractivity contribution is 7.14. The third-order valence-electron chi connectivity index (χ3n) is 4.83. The van der Waals surface area contributed by atoms with Gasteiger partial charge in [-0.2, -0.15) is 0 Å². The molecule has 1 saturated heterocycles. The van der Waals surface area contributed by atoms with Gasteiger partial charge in [0.15, 0.2) is 0 Å². The molecule has 2 aromatic rings. The minimum absolute atomic E-state index is 0.175. The zero-order valence-corrected chi connectivity index (χ0v) is 16.0. The summed E-state index contributed by atoms with van der Waals surface area (Å²) in [6.07, 6.45) is 2.29.